The van der Waals surface area contributed by atoms with Crippen LogP contribution in [-0.2, 0) is 0 Å². The molecule has 0 amide bonds. The predicted octanol–water partition coefficient (Wildman–Crippen LogP) is 2.47. The molecule has 0 aromatic carbocycles. The minimum Gasteiger partial charge on any atom is -0.468 e. The van der Waals surface area contributed by atoms with Crippen LogP contribution in [0.5, 0.6) is 0 Å². The summed E-state index contributed by atoms with van der Waals surface area (Å²) in [7, 11) is 1.85. The Morgan fingerprint density at radius 1 is 1.07 bits per heavy atom. The van der Waals surface area contributed by atoms with Crippen LogP contribution < -0.4 is 10.6 Å². The molecule has 2 aliphatic heterocycles. The number of nitrogens with zero attached hydrogens (tertiary/aromatic N) is 4. The van der Waals surface area contributed by atoms with Crippen LogP contribution in [0.4, 0.5) is 0 Å². The monoisotopic (exact) mass is 532 g/mol. The first-order valence-corrected chi connectivity index (χ1v) is 11.4. The van der Waals surface area contributed by atoms with Crippen LogP contribution in [0.3, 0.4) is 0 Å². The van der Waals surface area contributed by atoms with Gasteiger partial charge in [0.15, 0.2) is 5.96 Å². The van der Waals surface area contributed by atoms with Gasteiger partial charge in [0.2, 0.25) is 0 Å². The second-order valence-corrected chi connectivity index (χ2v) is 8.45. The molecule has 1 aromatic rings. The van der Waals surface area contributed by atoms with Crippen molar-refractivity contribution in [3.8, 4) is 0 Å². The van der Waals surface area contributed by atoms with E-state index in [9.17, 15) is 0 Å². The summed E-state index contributed by atoms with van der Waals surface area (Å²) in [4.78, 5) is 12.1. The zero-order valence-electron chi connectivity index (χ0n) is 19.0. The van der Waals surface area contributed by atoms with Gasteiger partial charge in [-0.1, -0.05) is 13.8 Å². The fourth-order valence-corrected chi connectivity index (χ4v) is 4.42. The number of rotatable bonds is 9. The summed E-state index contributed by atoms with van der Waals surface area (Å²) >= 11 is 0. The minimum absolute atomic E-state index is 0. The molecule has 1 aromatic heterocycles. The molecule has 0 bridgehead atoms. The highest BCUT2D eigenvalue weighted by Crippen LogP contribution is 2.24. The largest absolute Gasteiger partial charge is 0.468 e. The highest BCUT2D eigenvalue weighted by atomic mass is 127. The maximum Gasteiger partial charge on any atom is 0.191 e. The van der Waals surface area contributed by atoms with E-state index >= 15 is 0 Å². The molecule has 2 aliphatic rings. The zero-order chi connectivity index (χ0) is 20.5. The van der Waals surface area contributed by atoms with Crippen molar-refractivity contribution in [1.82, 2.24) is 25.3 Å². The Labute approximate surface area is 199 Å². The molecular formula is C22H41IN6O. The number of piperazine rings is 1. The summed E-state index contributed by atoms with van der Waals surface area (Å²) in [5, 5.41) is 7.05. The van der Waals surface area contributed by atoms with Crippen LogP contribution in [-0.4, -0.2) is 93.2 Å². The van der Waals surface area contributed by atoms with Crippen molar-refractivity contribution in [3.05, 3.63) is 24.2 Å². The van der Waals surface area contributed by atoms with Crippen LogP contribution in [0.2, 0.25) is 0 Å². The van der Waals surface area contributed by atoms with E-state index in [4.69, 9.17) is 4.42 Å². The maximum absolute atomic E-state index is 5.72. The van der Waals surface area contributed by atoms with Crippen molar-refractivity contribution >= 4 is 29.9 Å². The van der Waals surface area contributed by atoms with Crippen molar-refractivity contribution in [3.63, 3.8) is 0 Å². The quantitative estimate of drug-likeness (QED) is 0.290. The number of nitrogens with one attached hydrogen (secondary N) is 2. The molecule has 2 unspecified atom stereocenters. The number of aliphatic imine (C=N–C) groups is 1. The molecule has 2 N–H and O–H groups in total. The molecule has 2 fully saturated rings. The fraction of sp³-hybridized carbons (Fsp3) is 0.773. The van der Waals surface area contributed by atoms with Crippen LogP contribution >= 0.6 is 24.0 Å². The molecule has 172 valence electrons. The van der Waals surface area contributed by atoms with Gasteiger partial charge in [-0.2, -0.15) is 0 Å². The highest BCUT2D eigenvalue weighted by molar-refractivity contribution is 14.0. The van der Waals surface area contributed by atoms with E-state index in [1.165, 1.54) is 45.6 Å². The van der Waals surface area contributed by atoms with Gasteiger partial charge in [0.25, 0.3) is 0 Å². The molecule has 2 saturated heterocycles. The van der Waals surface area contributed by atoms with E-state index in [2.05, 4.69) is 50.2 Å². The number of hydrogen-bond donors (Lipinski definition) is 2. The van der Waals surface area contributed by atoms with Gasteiger partial charge in [0.05, 0.1) is 12.3 Å². The van der Waals surface area contributed by atoms with Crippen molar-refractivity contribution in [2.45, 2.75) is 32.7 Å². The number of halogens is 1. The van der Waals surface area contributed by atoms with Gasteiger partial charge in [0.1, 0.15) is 5.76 Å². The first-order chi connectivity index (χ1) is 14.2. The third-order valence-electron chi connectivity index (χ3n) is 6.24. The number of furan rings is 1. The van der Waals surface area contributed by atoms with E-state index in [0.29, 0.717) is 5.92 Å². The fourth-order valence-electron chi connectivity index (χ4n) is 4.42. The Morgan fingerprint density at radius 3 is 2.33 bits per heavy atom. The summed E-state index contributed by atoms with van der Waals surface area (Å²) < 4.78 is 5.72. The molecule has 2 atom stereocenters. The third kappa shape index (κ3) is 7.69. The molecule has 8 heteroatoms. The lowest BCUT2D eigenvalue weighted by molar-refractivity contribution is 0.124. The van der Waals surface area contributed by atoms with Gasteiger partial charge in [-0.3, -0.25) is 9.89 Å². The summed E-state index contributed by atoms with van der Waals surface area (Å²) in [6.07, 6.45) is 4.32. The molecule has 30 heavy (non-hydrogen) atoms. The van der Waals surface area contributed by atoms with E-state index in [-0.39, 0.29) is 30.0 Å². The molecule has 3 rings (SSSR count). The first kappa shape index (κ1) is 25.4. The van der Waals surface area contributed by atoms with Crippen LogP contribution in [0, 0.1) is 5.92 Å². The molecule has 0 aliphatic carbocycles. The van der Waals surface area contributed by atoms with Gasteiger partial charge in [-0.15, -0.1) is 24.0 Å². The van der Waals surface area contributed by atoms with Crippen molar-refractivity contribution in [1.29, 1.82) is 0 Å². The number of hydrogen-bond acceptors (Lipinski definition) is 5. The van der Waals surface area contributed by atoms with Gasteiger partial charge >= 0.3 is 0 Å². The van der Waals surface area contributed by atoms with Crippen LogP contribution in [0.25, 0.3) is 0 Å². The Kier molecular flexibility index (Phi) is 11.5. The number of likely N-dealkylation sites (tertiary alicyclic amines) is 1. The van der Waals surface area contributed by atoms with Gasteiger partial charge in [0, 0.05) is 52.9 Å². The van der Waals surface area contributed by atoms with E-state index in [1.54, 1.807) is 6.26 Å². The lowest BCUT2D eigenvalue weighted by atomic mass is 10.1. The second-order valence-electron chi connectivity index (χ2n) is 8.45. The van der Waals surface area contributed by atoms with Gasteiger partial charge < -0.3 is 24.9 Å². The standard InChI is InChI=1S/C22H40N6O.HI/c1-4-26-11-13-27(14-12-26)18-19(2)16-24-22(23-3)25-17-20(21-8-7-15-29-21)28-9-5-6-10-28;/h7-8,15,19-20H,4-6,9-14,16-18H2,1-3H3,(H2,23,24,25);1H. The molecule has 3 heterocycles. The summed E-state index contributed by atoms with van der Waals surface area (Å²) in [5.74, 6) is 2.50. The first-order valence-electron chi connectivity index (χ1n) is 11.4. The van der Waals surface area contributed by atoms with Crippen LogP contribution in [0.1, 0.15) is 38.5 Å². The number of guanidine groups is 1. The minimum atomic E-state index is 0. The van der Waals surface area contributed by atoms with Gasteiger partial charge in [-0.05, 0) is 50.5 Å². The SMILES string of the molecule is CCN1CCN(CC(C)CNC(=NC)NCC(c2ccco2)N2CCCC2)CC1.I. The average Bonchev–Trinajstić information content (AvgIpc) is 3.46. The third-order valence-corrected chi connectivity index (χ3v) is 6.24. The zero-order valence-corrected chi connectivity index (χ0v) is 21.3. The molecule has 0 spiro atoms. The second kappa shape index (κ2) is 13.5. The van der Waals surface area contributed by atoms with E-state index in [1.807, 2.05) is 13.1 Å². The van der Waals surface area contributed by atoms with Crippen molar-refractivity contribution < 1.29 is 4.42 Å². The smallest absolute Gasteiger partial charge is 0.191 e. The van der Waals surface area contributed by atoms with Gasteiger partial charge in [-0.25, -0.2) is 0 Å². The molecular weight excluding hydrogens is 491 g/mol. The molecule has 7 nitrogen and oxygen atoms in total. The lowest BCUT2D eigenvalue weighted by Gasteiger charge is -2.35. The lowest BCUT2D eigenvalue weighted by Crippen LogP contribution is -2.49. The summed E-state index contributed by atoms with van der Waals surface area (Å²) in [6, 6.07) is 4.33. The Bertz CT molecular complexity index is 597. The topological polar surface area (TPSA) is 59.3 Å². The Hall–Kier alpha value is -0.840. The Morgan fingerprint density at radius 2 is 1.73 bits per heavy atom. The molecule has 0 radical (unpaired) electrons. The van der Waals surface area contributed by atoms with E-state index < -0.39 is 0 Å². The Balaban J connectivity index is 0.00000320. The number of likely N-dealkylation sites (N-methyl/N-ethyl adjacent to an activating group) is 1. The normalized spacial score (nSPS) is 21.2. The highest BCUT2D eigenvalue weighted by Gasteiger charge is 2.25. The van der Waals surface area contributed by atoms with E-state index in [0.717, 1.165) is 44.4 Å². The summed E-state index contributed by atoms with van der Waals surface area (Å²) in [6.45, 7) is 15.7. The van der Waals surface area contributed by atoms with Crippen molar-refractivity contribution in [2.24, 2.45) is 10.9 Å². The predicted molar refractivity (Wildman–Crippen MR) is 135 cm³/mol. The van der Waals surface area contributed by atoms with Crippen molar-refractivity contribution in [2.75, 3.05) is 72.5 Å². The van der Waals surface area contributed by atoms with Crippen LogP contribution in [0.15, 0.2) is 27.8 Å². The maximum atomic E-state index is 5.72. The summed E-state index contributed by atoms with van der Waals surface area (Å²) in [5.41, 5.74) is 0. The molecule has 0 saturated carbocycles. The average molecular weight is 533 g/mol.